The minimum atomic E-state index is -0.925. The summed E-state index contributed by atoms with van der Waals surface area (Å²) in [6, 6.07) is -0.332. The van der Waals surface area contributed by atoms with Crippen LogP contribution in [0.15, 0.2) is 6.33 Å². The topological polar surface area (TPSA) is 75.1 Å². The Kier molecular flexibility index (Phi) is 4.16. The van der Waals surface area contributed by atoms with Gasteiger partial charge in [0.15, 0.2) is 11.6 Å². The molecule has 0 saturated carbocycles. The number of rotatable bonds is 5. The molecule has 6 heteroatoms. The first-order valence-electron chi connectivity index (χ1n) is 5.00. The molecule has 2 N–H and O–H groups in total. The van der Waals surface area contributed by atoms with Crippen LogP contribution >= 0.6 is 0 Å². The quantitative estimate of drug-likeness (QED) is 0.798. The standard InChI is InChI=1S/C10H14FN3O2/c1-3-7(4-8(15)16)14-10-9(11)6(2)12-5-13-10/h5,7H,3-4H2,1-2H3,(H,15,16)(H,12,13,14). The summed E-state index contributed by atoms with van der Waals surface area (Å²) in [5.41, 5.74) is 0.239. The fourth-order valence-corrected chi connectivity index (χ4v) is 1.26. The molecule has 0 fully saturated rings. The number of carboxylic acids is 1. The minimum absolute atomic E-state index is 0.0561. The van der Waals surface area contributed by atoms with Crippen molar-refractivity contribution in [1.29, 1.82) is 0 Å². The van der Waals surface area contributed by atoms with Gasteiger partial charge < -0.3 is 10.4 Å². The summed E-state index contributed by atoms with van der Waals surface area (Å²) in [6.45, 7) is 3.35. The van der Waals surface area contributed by atoms with Gasteiger partial charge in [-0.3, -0.25) is 4.79 Å². The van der Waals surface area contributed by atoms with E-state index in [9.17, 15) is 9.18 Å². The van der Waals surface area contributed by atoms with E-state index in [2.05, 4.69) is 15.3 Å². The maximum atomic E-state index is 13.5. The Bertz CT molecular complexity index is 384. The highest BCUT2D eigenvalue weighted by Gasteiger charge is 2.14. The van der Waals surface area contributed by atoms with Crippen LogP contribution in [0.25, 0.3) is 0 Å². The molecule has 16 heavy (non-hydrogen) atoms. The number of nitrogens with one attached hydrogen (secondary N) is 1. The van der Waals surface area contributed by atoms with Crippen molar-refractivity contribution >= 4 is 11.8 Å². The van der Waals surface area contributed by atoms with Gasteiger partial charge in [-0.1, -0.05) is 6.92 Å². The Labute approximate surface area is 92.7 Å². The third kappa shape index (κ3) is 3.15. The van der Waals surface area contributed by atoms with Crippen molar-refractivity contribution in [2.24, 2.45) is 0 Å². The largest absolute Gasteiger partial charge is 0.481 e. The Balaban J connectivity index is 2.77. The molecular formula is C10H14FN3O2. The molecule has 0 saturated heterocycles. The van der Waals surface area contributed by atoms with Crippen LogP contribution in [0.2, 0.25) is 0 Å². The van der Waals surface area contributed by atoms with Gasteiger partial charge in [0, 0.05) is 6.04 Å². The second-order valence-corrected chi connectivity index (χ2v) is 3.47. The van der Waals surface area contributed by atoms with Crippen LogP contribution in [0.4, 0.5) is 10.2 Å². The molecule has 0 radical (unpaired) electrons. The van der Waals surface area contributed by atoms with E-state index < -0.39 is 11.8 Å². The van der Waals surface area contributed by atoms with Crippen LogP contribution in [-0.2, 0) is 4.79 Å². The molecule has 1 heterocycles. The van der Waals surface area contributed by atoms with Gasteiger partial charge in [0.1, 0.15) is 6.33 Å². The third-order valence-electron chi connectivity index (χ3n) is 2.22. The van der Waals surface area contributed by atoms with Crippen molar-refractivity contribution < 1.29 is 14.3 Å². The Morgan fingerprint density at radius 1 is 1.62 bits per heavy atom. The number of hydrogen-bond donors (Lipinski definition) is 2. The molecule has 88 valence electrons. The number of carboxylic acid groups (broad SMARTS) is 1. The molecule has 0 aromatic carbocycles. The molecule has 1 aromatic rings. The normalized spacial score (nSPS) is 12.2. The number of aromatic nitrogens is 2. The zero-order chi connectivity index (χ0) is 12.1. The van der Waals surface area contributed by atoms with Crippen LogP contribution in [-0.4, -0.2) is 27.1 Å². The highest BCUT2D eigenvalue weighted by Crippen LogP contribution is 2.14. The van der Waals surface area contributed by atoms with Gasteiger partial charge in [-0.25, -0.2) is 14.4 Å². The van der Waals surface area contributed by atoms with Gasteiger partial charge in [-0.2, -0.15) is 0 Å². The molecule has 0 bridgehead atoms. The number of aryl methyl sites for hydroxylation is 1. The lowest BCUT2D eigenvalue weighted by atomic mass is 10.1. The summed E-state index contributed by atoms with van der Waals surface area (Å²) in [7, 11) is 0. The smallest absolute Gasteiger partial charge is 0.305 e. The van der Waals surface area contributed by atoms with E-state index in [0.29, 0.717) is 6.42 Å². The zero-order valence-corrected chi connectivity index (χ0v) is 9.20. The molecule has 5 nitrogen and oxygen atoms in total. The van der Waals surface area contributed by atoms with E-state index in [-0.39, 0.29) is 24.0 Å². The average Bonchev–Trinajstić information content (AvgIpc) is 2.23. The van der Waals surface area contributed by atoms with E-state index in [1.54, 1.807) is 0 Å². The highest BCUT2D eigenvalue weighted by atomic mass is 19.1. The van der Waals surface area contributed by atoms with Crippen molar-refractivity contribution in [2.45, 2.75) is 32.7 Å². The summed E-state index contributed by atoms with van der Waals surface area (Å²) >= 11 is 0. The lowest BCUT2D eigenvalue weighted by Gasteiger charge is -2.15. The predicted octanol–water partition coefficient (Wildman–Crippen LogP) is 1.59. The second-order valence-electron chi connectivity index (χ2n) is 3.47. The predicted molar refractivity (Wildman–Crippen MR) is 56.7 cm³/mol. The third-order valence-corrected chi connectivity index (χ3v) is 2.22. The van der Waals surface area contributed by atoms with Crippen molar-refractivity contribution in [2.75, 3.05) is 5.32 Å². The maximum absolute atomic E-state index is 13.5. The molecule has 1 aromatic heterocycles. The van der Waals surface area contributed by atoms with Crippen LogP contribution in [0, 0.1) is 12.7 Å². The molecule has 0 aliphatic carbocycles. The van der Waals surface area contributed by atoms with Gasteiger partial charge >= 0.3 is 5.97 Å². The Morgan fingerprint density at radius 3 is 2.88 bits per heavy atom. The van der Waals surface area contributed by atoms with Crippen LogP contribution in [0.5, 0.6) is 0 Å². The Morgan fingerprint density at radius 2 is 2.31 bits per heavy atom. The van der Waals surface area contributed by atoms with Gasteiger partial charge in [-0.15, -0.1) is 0 Å². The number of nitrogens with zero attached hydrogens (tertiary/aromatic N) is 2. The van der Waals surface area contributed by atoms with Crippen LogP contribution in [0.1, 0.15) is 25.5 Å². The fourth-order valence-electron chi connectivity index (χ4n) is 1.26. The SMILES string of the molecule is CCC(CC(=O)O)Nc1ncnc(C)c1F. The summed E-state index contributed by atoms with van der Waals surface area (Å²) in [5, 5.41) is 11.4. The number of anilines is 1. The van der Waals surface area contributed by atoms with Gasteiger partial charge in [0.05, 0.1) is 12.1 Å². The van der Waals surface area contributed by atoms with E-state index in [1.165, 1.54) is 13.3 Å². The number of halogens is 1. The van der Waals surface area contributed by atoms with E-state index in [1.807, 2.05) is 6.92 Å². The average molecular weight is 227 g/mol. The van der Waals surface area contributed by atoms with Crippen molar-refractivity contribution in [3.05, 3.63) is 17.8 Å². The first kappa shape index (κ1) is 12.4. The molecule has 0 spiro atoms. The molecule has 0 aliphatic rings. The van der Waals surface area contributed by atoms with Crippen molar-refractivity contribution in [3.63, 3.8) is 0 Å². The second kappa shape index (κ2) is 5.39. The minimum Gasteiger partial charge on any atom is -0.481 e. The monoisotopic (exact) mass is 227 g/mol. The molecule has 0 amide bonds. The molecule has 1 unspecified atom stereocenters. The summed E-state index contributed by atoms with van der Waals surface area (Å²) in [5.74, 6) is -1.41. The van der Waals surface area contributed by atoms with Gasteiger partial charge in [0.2, 0.25) is 0 Å². The molecule has 1 rings (SSSR count). The first-order chi connectivity index (χ1) is 7.54. The summed E-state index contributed by atoms with van der Waals surface area (Å²) in [6.07, 6.45) is 1.75. The van der Waals surface area contributed by atoms with E-state index in [4.69, 9.17) is 5.11 Å². The van der Waals surface area contributed by atoms with Gasteiger partial charge in [0.25, 0.3) is 0 Å². The molecule has 0 aliphatic heterocycles. The van der Waals surface area contributed by atoms with E-state index >= 15 is 0 Å². The summed E-state index contributed by atoms with van der Waals surface area (Å²) < 4.78 is 13.5. The lowest BCUT2D eigenvalue weighted by molar-refractivity contribution is -0.137. The first-order valence-corrected chi connectivity index (χ1v) is 5.00. The van der Waals surface area contributed by atoms with Crippen molar-refractivity contribution in [3.8, 4) is 0 Å². The summed E-state index contributed by atoms with van der Waals surface area (Å²) in [4.78, 5) is 18.0. The van der Waals surface area contributed by atoms with Gasteiger partial charge in [-0.05, 0) is 13.3 Å². The Hall–Kier alpha value is -1.72. The number of carbonyl (C=O) groups is 1. The van der Waals surface area contributed by atoms with Crippen molar-refractivity contribution in [1.82, 2.24) is 9.97 Å². The highest BCUT2D eigenvalue weighted by molar-refractivity contribution is 5.68. The lowest BCUT2D eigenvalue weighted by Crippen LogP contribution is -2.23. The molecule has 1 atom stereocenters. The fraction of sp³-hybridized carbons (Fsp3) is 0.500. The van der Waals surface area contributed by atoms with Crippen LogP contribution < -0.4 is 5.32 Å². The maximum Gasteiger partial charge on any atom is 0.305 e. The van der Waals surface area contributed by atoms with Crippen LogP contribution in [0.3, 0.4) is 0 Å². The zero-order valence-electron chi connectivity index (χ0n) is 9.20. The number of hydrogen-bond acceptors (Lipinski definition) is 4. The number of aliphatic carboxylic acids is 1. The van der Waals surface area contributed by atoms with E-state index in [0.717, 1.165) is 0 Å². The molecular weight excluding hydrogens is 213 g/mol.